The number of nitrogens with zero attached hydrogens (tertiary/aromatic N) is 1. The SMILES string of the molecule is CCCNC(CO)(CN(C)C1CCC(CC)CC1)C1CC1. The van der Waals surface area contributed by atoms with Gasteiger partial charge in [-0.05, 0) is 70.4 Å². The Labute approximate surface area is 131 Å². The van der Waals surface area contributed by atoms with Gasteiger partial charge < -0.3 is 15.3 Å². The zero-order valence-corrected chi connectivity index (χ0v) is 14.4. The van der Waals surface area contributed by atoms with Crippen molar-refractivity contribution in [3.05, 3.63) is 0 Å². The van der Waals surface area contributed by atoms with Gasteiger partial charge in [0, 0.05) is 12.6 Å². The predicted molar refractivity (Wildman–Crippen MR) is 89.5 cm³/mol. The first kappa shape index (κ1) is 17.2. The van der Waals surface area contributed by atoms with Crippen LogP contribution in [0, 0.1) is 11.8 Å². The first-order valence-corrected chi connectivity index (χ1v) is 9.21. The fourth-order valence-electron chi connectivity index (χ4n) is 4.14. The van der Waals surface area contributed by atoms with Gasteiger partial charge in [-0.1, -0.05) is 20.3 Å². The summed E-state index contributed by atoms with van der Waals surface area (Å²) in [6, 6.07) is 0.723. The van der Waals surface area contributed by atoms with E-state index in [1.54, 1.807) is 0 Å². The van der Waals surface area contributed by atoms with Crippen molar-refractivity contribution in [1.82, 2.24) is 10.2 Å². The lowest BCUT2D eigenvalue weighted by atomic mass is 9.83. The molecule has 2 rings (SSSR count). The number of nitrogens with one attached hydrogen (secondary N) is 1. The Morgan fingerprint density at radius 3 is 2.24 bits per heavy atom. The van der Waals surface area contributed by atoms with Gasteiger partial charge >= 0.3 is 0 Å². The van der Waals surface area contributed by atoms with Crippen molar-refractivity contribution in [2.24, 2.45) is 11.8 Å². The summed E-state index contributed by atoms with van der Waals surface area (Å²) >= 11 is 0. The molecule has 2 aliphatic carbocycles. The maximum absolute atomic E-state index is 10.1. The first-order valence-electron chi connectivity index (χ1n) is 9.21. The first-order chi connectivity index (χ1) is 10.1. The van der Waals surface area contributed by atoms with E-state index >= 15 is 0 Å². The van der Waals surface area contributed by atoms with Gasteiger partial charge in [0.25, 0.3) is 0 Å². The second-order valence-corrected chi connectivity index (χ2v) is 7.51. The lowest BCUT2D eigenvalue weighted by molar-refractivity contribution is 0.0687. The van der Waals surface area contributed by atoms with Crippen LogP contribution in [0.25, 0.3) is 0 Å². The summed E-state index contributed by atoms with van der Waals surface area (Å²) in [5, 5.41) is 13.7. The summed E-state index contributed by atoms with van der Waals surface area (Å²) in [4.78, 5) is 2.54. The number of likely N-dealkylation sites (N-methyl/N-ethyl adjacent to an activating group) is 1. The van der Waals surface area contributed by atoms with Crippen LogP contribution in [0.2, 0.25) is 0 Å². The van der Waals surface area contributed by atoms with Gasteiger partial charge in [0.05, 0.1) is 12.1 Å². The maximum atomic E-state index is 10.1. The van der Waals surface area contributed by atoms with Crippen molar-refractivity contribution in [3.8, 4) is 0 Å². The van der Waals surface area contributed by atoms with Gasteiger partial charge in [-0.15, -0.1) is 0 Å². The fourth-order valence-corrected chi connectivity index (χ4v) is 4.14. The molecule has 0 amide bonds. The number of aliphatic hydroxyl groups excluding tert-OH is 1. The smallest absolute Gasteiger partial charge is 0.0628 e. The molecule has 0 heterocycles. The largest absolute Gasteiger partial charge is 0.394 e. The highest BCUT2D eigenvalue weighted by Gasteiger charge is 2.45. The third kappa shape index (κ3) is 4.43. The maximum Gasteiger partial charge on any atom is 0.0628 e. The summed E-state index contributed by atoms with van der Waals surface area (Å²) in [5.74, 6) is 1.64. The molecule has 0 aromatic rings. The normalized spacial score (nSPS) is 29.6. The molecule has 3 nitrogen and oxygen atoms in total. The number of hydrogen-bond acceptors (Lipinski definition) is 3. The topological polar surface area (TPSA) is 35.5 Å². The van der Waals surface area contributed by atoms with Crippen LogP contribution in [0.1, 0.15) is 65.2 Å². The Hall–Kier alpha value is -0.120. The van der Waals surface area contributed by atoms with Crippen LogP contribution in [0.15, 0.2) is 0 Å². The average Bonchev–Trinajstić information content (AvgIpc) is 3.36. The Morgan fingerprint density at radius 1 is 1.10 bits per heavy atom. The van der Waals surface area contributed by atoms with E-state index < -0.39 is 0 Å². The molecule has 0 aliphatic heterocycles. The van der Waals surface area contributed by atoms with Crippen molar-refractivity contribution >= 4 is 0 Å². The van der Waals surface area contributed by atoms with Gasteiger partial charge in [-0.3, -0.25) is 0 Å². The van der Waals surface area contributed by atoms with E-state index in [9.17, 15) is 5.11 Å². The lowest BCUT2D eigenvalue weighted by Gasteiger charge is -2.42. The quantitative estimate of drug-likeness (QED) is 0.686. The standard InChI is InChI=1S/C18H36N2O/c1-4-12-19-18(14-21,16-8-9-16)13-20(3)17-10-6-15(5-2)7-11-17/h15-17,19,21H,4-14H2,1-3H3. The molecule has 124 valence electrons. The van der Waals surface area contributed by atoms with Crippen LogP contribution in [0.3, 0.4) is 0 Å². The Kier molecular flexibility index (Phi) is 6.51. The third-order valence-electron chi connectivity index (χ3n) is 5.92. The van der Waals surface area contributed by atoms with E-state index in [0.29, 0.717) is 5.92 Å². The molecule has 0 aromatic carbocycles. The molecule has 1 atom stereocenters. The Bertz CT molecular complexity index is 298. The molecule has 0 saturated heterocycles. The Balaban J connectivity index is 1.90. The zero-order chi connectivity index (χ0) is 15.3. The van der Waals surface area contributed by atoms with Gasteiger partial charge in [0.15, 0.2) is 0 Å². The molecular formula is C18H36N2O. The number of aliphatic hydroxyl groups is 1. The van der Waals surface area contributed by atoms with Crippen molar-refractivity contribution in [2.45, 2.75) is 76.8 Å². The monoisotopic (exact) mass is 296 g/mol. The fraction of sp³-hybridized carbons (Fsp3) is 1.00. The Morgan fingerprint density at radius 2 is 1.76 bits per heavy atom. The van der Waals surface area contributed by atoms with Crippen molar-refractivity contribution < 1.29 is 5.11 Å². The molecule has 0 aromatic heterocycles. The number of hydrogen-bond donors (Lipinski definition) is 2. The molecule has 2 aliphatic rings. The van der Waals surface area contributed by atoms with Crippen LogP contribution < -0.4 is 5.32 Å². The average molecular weight is 296 g/mol. The lowest BCUT2D eigenvalue weighted by Crippen LogP contribution is -2.59. The summed E-state index contributed by atoms with van der Waals surface area (Å²) in [6.45, 7) is 6.85. The molecule has 2 saturated carbocycles. The van der Waals surface area contributed by atoms with Crippen LogP contribution >= 0.6 is 0 Å². The van der Waals surface area contributed by atoms with E-state index in [-0.39, 0.29) is 12.1 Å². The molecular weight excluding hydrogens is 260 g/mol. The van der Waals surface area contributed by atoms with Crippen molar-refractivity contribution in [3.63, 3.8) is 0 Å². The van der Waals surface area contributed by atoms with Crippen molar-refractivity contribution in [1.29, 1.82) is 0 Å². The van der Waals surface area contributed by atoms with Crippen LogP contribution in [0.4, 0.5) is 0 Å². The van der Waals surface area contributed by atoms with E-state index in [2.05, 4.69) is 31.1 Å². The minimum Gasteiger partial charge on any atom is -0.394 e. The molecule has 1 unspecified atom stereocenters. The van der Waals surface area contributed by atoms with E-state index in [0.717, 1.165) is 31.5 Å². The number of rotatable bonds is 9. The molecule has 2 fully saturated rings. The highest BCUT2D eigenvalue weighted by molar-refractivity contribution is 5.03. The molecule has 0 spiro atoms. The second kappa shape index (κ2) is 7.94. The summed E-state index contributed by atoms with van der Waals surface area (Å²) in [7, 11) is 2.28. The molecule has 21 heavy (non-hydrogen) atoms. The van der Waals surface area contributed by atoms with Gasteiger partial charge in [-0.2, -0.15) is 0 Å². The molecule has 0 radical (unpaired) electrons. The van der Waals surface area contributed by atoms with Gasteiger partial charge in [-0.25, -0.2) is 0 Å². The summed E-state index contributed by atoms with van der Waals surface area (Å²) in [6.07, 6.45) is 10.5. The van der Waals surface area contributed by atoms with Crippen molar-refractivity contribution in [2.75, 3.05) is 26.7 Å². The van der Waals surface area contributed by atoms with Crippen LogP contribution in [0.5, 0.6) is 0 Å². The summed E-state index contributed by atoms with van der Waals surface area (Å²) < 4.78 is 0. The third-order valence-corrected chi connectivity index (χ3v) is 5.92. The predicted octanol–water partition coefficient (Wildman–Crippen LogP) is 3.03. The van der Waals surface area contributed by atoms with Crippen LogP contribution in [-0.4, -0.2) is 48.3 Å². The highest BCUT2D eigenvalue weighted by Crippen LogP contribution is 2.40. The minimum absolute atomic E-state index is 0.0492. The van der Waals surface area contributed by atoms with E-state index in [1.807, 2.05) is 0 Å². The molecule has 3 heteroatoms. The molecule has 2 N–H and O–H groups in total. The van der Waals surface area contributed by atoms with Gasteiger partial charge in [0.2, 0.25) is 0 Å². The highest BCUT2D eigenvalue weighted by atomic mass is 16.3. The summed E-state index contributed by atoms with van der Waals surface area (Å²) in [5.41, 5.74) is -0.0492. The van der Waals surface area contributed by atoms with Gasteiger partial charge in [0.1, 0.15) is 0 Å². The zero-order valence-electron chi connectivity index (χ0n) is 14.4. The second-order valence-electron chi connectivity index (χ2n) is 7.51. The van der Waals surface area contributed by atoms with E-state index in [1.165, 1.54) is 44.9 Å². The minimum atomic E-state index is -0.0492. The molecule has 0 bridgehead atoms. The van der Waals surface area contributed by atoms with E-state index in [4.69, 9.17) is 0 Å². The van der Waals surface area contributed by atoms with Crippen LogP contribution in [-0.2, 0) is 0 Å².